The molecule has 30 heavy (non-hydrogen) atoms. The molecule has 1 saturated heterocycles. The van der Waals surface area contributed by atoms with E-state index in [9.17, 15) is 9.59 Å². The van der Waals surface area contributed by atoms with E-state index in [1.807, 2.05) is 39.9 Å². The predicted octanol–water partition coefficient (Wildman–Crippen LogP) is 3.85. The molecule has 2 aromatic carbocycles. The molecule has 1 fully saturated rings. The molecule has 6 heteroatoms. The molecule has 5 rings (SSSR count). The first kappa shape index (κ1) is 18.6. The molecule has 2 amide bonds. The highest BCUT2D eigenvalue weighted by atomic mass is 16.2. The molecule has 0 radical (unpaired) electrons. The highest BCUT2D eigenvalue weighted by Gasteiger charge is 2.27. The van der Waals surface area contributed by atoms with Gasteiger partial charge in [0.25, 0.3) is 11.8 Å². The average molecular weight is 400 g/mol. The van der Waals surface area contributed by atoms with E-state index in [1.54, 1.807) is 24.3 Å². The summed E-state index contributed by atoms with van der Waals surface area (Å²) in [6.45, 7) is 1.65. The van der Waals surface area contributed by atoms with Crippen LogP contribution in [0.2, 0.25) is 0 Å². The summed E-state index contributed by atoms with van der Waals surface area (Å²) in [5.41, 5.74) is 4.95. The molecule has 1 aliphatic carbocycles. The quantitative estimate of drug-likeness (QED) is 0.723. The van der Waals surface area contributed by atoms with E-state index in [1.165, 1.54) is 0 Å². The smallest absolute Gasteiger partial charge is 0.276 e. The average Bonchev–Trinajstić information content (AvgIpc) is 3.52. The third kappa shape index (κ3) is 3.38. The van der Waals surface area contributed by atoms with Crippen molar-refractivity contribution in [1.29, 1.82) is 0 Å². The zero-order chi connectivity index (χ0) is 20.5. The highest BCUT2D eigenvalue weighted by Crippen LogP contribution is 2.28. The normalized spacial score (nSPS) is 15.3. The SMILES string of the molecule is O=C(Nc1ccc(C(=O)N2CCCC2)cc1)c1nn(-c2ccccc2)c2c1CCC2. The molecule has 2 aliphatic rings. The Morgan fingerprint density at radius 3 is 2.33 bits per heavy atom. The maximum Gasteiger partial charge on any atom is 0.276 e. The summed E-state index contributed by atoms with van der Waals surface area (Å²) in [6, 6.07) is 17.1. The molecule has 0 unspecified atom stereocenters. The molecule has 0 spiro atoms. The lowest BCUT2D eigenvalue weighted by Gasteiger charge is -2.15. The van der Waals surface area contributed by atoms with Gasteiger partial charge in [-0.15, -0.1) is 0 Å². The number of nitrogens with one attached hydrogen (secondary N) is 1. The van der Waals surface area contributed by atoms with E-state index in [0.29, 0.717) is 16.9 Å². The number of carbonyl (C=O) groups is 2. The maximum absolute atomic E-state index is 13.0. The molecule has 2 heterocycles. The number of carbonyl (C=O) groups excluding carboxylic acids is 2. The van der Waals surface area contributed by atoms with Crippen LogP contribution in [-0.4, -0.2) is 39.6 Å². The van der Waals surface area contributed by atoms with Crippen LogP contribution >= 0.6 is 0 Å². The second-order valence-electron chi connectivity index (χ2n) is 7.91. The summed E-state index contributed by atoms with van der Waals surface area (Å²) < 4.78 is 1.90. The van der Waals surface area contributed by atoms with Crippen molar-refractivity contribution in [3.05, 3.63) is 77.1 Å². The van der Waals surface area contributed by atoms with Crippen LogP contribution in [0.1, 0.15) is 51.4 Å². The standard InChI is InChI=1S/C24H24N4O2/c29-23(25-18-13-11-17(12-14-18)24(30)27-15-4-5-16-27)22-20-9-6-10-21(20)28(26-22)19-7-2-1-3-8-19/h1-3,7-8,11-14H,4-6,9-10,15-16H2,(H,25,29). The minimum atomic E-state index is -0.207. The Balaban J connectivity index is 1.35. The van der Waals surface area contributed by atoms with Crippen LogP contribution in [-0.2, 0) is 12.8 Å². The first-order valence-corrected chi connectivity index (χ1v) is 10.6. The molecule has 0 atom stereocenters. The van der Waals surface area contributed by atoms with Gasteiger partial charge in [0.1, 0.15) is 0 Å². The summed E-state index contributed by atoms with van der Waals surface area (Å²) in [4.78, 5) is 27.4. The topological polar surface area (TPSA) is 67.2 Å². The van der Waals surface area contributed by atoms with E-state index in [0.717, 1.165) is 62.1 Å². The van der Waals surface area contributed by atoms with E-state index < -0.39 is 0 Å². The number of fused-ring (bicyclic) bond motifs is 1. The van der Waals surface area contributed by atoms with Gasteiger partial charge in [-0.1, -0.05) is 18.2 Å². The first-order chi connectivity index (χ1) is 14.7. The summed E-state index contributed by atoms with van der Waals surface area (Å²) in [6.07, 6.45) is 4.97. The third-order valence-electron chi connectivity index (χ3n) is 5.93. The van der Waals surface area contributed by atoms with E-state index in [4.69, 9.17) is 0 Å². The number of benzene rings is 2. The van der Waals surface area contributed by atoms with Crippen molar-refractivity contribution in [3.63, 3.8) is 0 Å². The van der Waals surface area contributed by atoms with Crippen LogP contribution in [0.15, 0.2) is 54.6 Å². The zero-order valence-electron chi connectivity index (χ0n) is 16.8. The molecule has 0 saturated carbocycles. The van der Waals surface area contributed by atoms with Crippen molar-refractivity contribution in [1.82, 2.24) is 14.7 Å². The molecule has 3 aromatic rings. The predicted molar refractivity (Wildman–Crippen MR) is 115 cm³/mol. The second kappa shape index (κ2) is 7.78. The van der Waals surface area contributed by atoms with E-state index in [-0.39, 0.29) is 11.8 Å². The number of hydrogen-bond donors (Lipinski definition) is 1. The lowest BCUT2D eigenvalue weighted by Crippen LogP contribution is -2.27. The number of aromatic nitrogens is 2. The molecule has 6 nitrogen and oxygen atoms in total. The van der Waals surface area contributed by atoms with Gasteiger partial charge >= 0.3 is 0 Å². The van der Waals surface area contributed by atoms with Crippen LogP contribution in [0, 0.1) is 0 Å². The second-order valence-corrected chi connectivity index (χ2v) is 7.91. The number of amides is 2. The van der Waals surface area contributed by atoms with E-state index in [2.05, 4.69) is 10.4 Å². The van der Waals surface area contributed by atoms with Gasteiger partial charge in [0.15, 0.2) is 5.69 Å². The van der Waals surface area contributed by atoms with Crippen LogP contribution in [0.25, 0.3) is 5.69 Å². The number of hydrogen-bond acceptors (Lipinski definition) is 3. The lowest BCUT2D eigenvalue weighted by atomic mass is 10.1. The Labute approximate surface area is 175 Å². The minimum absolute atomic E-state index is 0.0600. The van der Waals surface area contributed by atoms with Crippen molar-refractivity contribution < 1.29 is 9.59 Å². The largest absolute Gasteiger partial charge is 0.339 e. The number of anilines is 1. The Morgan fingerprint density at radius 1 is 0.867 bits per heavy atom. The molecular weight excluding hydrogens is 376 g/mol. The number of rotatable bonds is 4. The fourth-order valence-electron chi connectivity index (χ4n) is 4.39. The van der Waals surface area contributed by atoms with Gasteiger partial charge in [0.05, 0.1) is 5.69 Å². The van der Waals surface area contributed by atoms with Gasteiger partial charge in [-0.3, -0.25) is 9.59 Å². The third-order valence-corrected chi connectivity index (χ3v) is 5.93. The Kier molecular flexibility index (Phi) is 4.83. The molecule has 1 aliphatic heterocycles. The van der Waals surface area contributed by atoms with Crippen molar-refractivity contribution in [2.45, 2.75) is 32.1 Å². The van der Waals surface area contributed by atoms with Crippen molar-refractivity contribution in [2.75, 3.05) is 18.4 Å². The lowest BCUT2D eigenvalue weighted by molar-refractivity contribution is 0.0792. The van der Waals surface area contributed by atoms with Gasteiger partial charge in [-0.05, 0) is 68.5 Å². The Bertz CT molecular complexity index is 1080. The summed E-state index contributed by atoms with van der Waals surface area (Å²) in [5.74, 6) is -0.147. The Morgan fingerprint density at radius 2 is 1.60 bits per heavy atom. The molecule has 1 aromatic heterocycles. The summed E-state index contributed by atoms with van der Waals surface area (Å²) >= 11 is 0. The van der Waals surface area contributed by atoms with Gasteiger partial charge in [0.2, 0.25) is 0 Å². The van der Waals surface area contributed by atoms with Gasteiger partial charge in [0, 0.05) is 35.6 Å². The zero-order valence-corrected chi connectivity index (χ0v) is 16.8. The van der Waals surface area contributed by atoms with Gasteiger partial charge in [-0.2, -0.15) is 5.10 Å². The highest BCUT2D eigenvalue weighted by molar-refractivity contribution is 6.04. The first-order valence-electron chi connectivity index (χ1n) is 10.6. The molecule has 152 valence electrons. The van der Waals surface area contributed by atoms with Crippen molar-refractivity contribution in [3.8, 4) is 5.69 Å². The van der Waals surface area contributed by atoms with Crippen LogP contribution < -0.4 is 5.32 Å². The Hall–Kier alpha value is -3.41. The fraction of sp³-hybridized carbons (Fsp3) is 0.292. The van der Waals surface area contributed by atoms with Crippen molar-refractivity contribution in [2.24, 2.45) is 0 Å². The minimum Gasteiger partial charge on any atom is -0.339 e. The van der Waals surface area contributed by atoms with E-state index >= 15 is 0 Å². The number of nitrogens with zero attached hydrogens (tertiary/aromatic N) is 3. The molecule has 0 bridgehead atoms. The molecular formula is C24H24N4O2. The molecule has 1 N–H and O–H groups in total. The summed E-state index contributed by atoms with van der Waals surface area (Å²) in [5, 5.41) is 7.59. The van der Waals surface area contributed by atoms with Gasteiger partial charge in [-0.25, -0.2) is 4.68 Å². The van der Waals surface area contributed by atoms with Crippen LogP contribution in [0.4, 0.5) is 5.69 Å². The number of likely N-dealkylation sites (tertiary alicyclic amines) is 1. The van der Waals surface area contributed by atoms with Crippen LogP contribution in [0.5, 0.6) is 0 Å². The van der Waals surface area contributed by atoms with Crippen molar-refractivity contribution >= 4 is 17.5 Å². The van der Waals surface area contributed by atoms with Gasteiger partial charge < -0.3 is 10.2 Å². The maximum atomic E-state index is 13.0. The summed E-state index contributed by atoms with van der Waals surface area (Å²) in [7, 11) is 0. The monoisotopic (exact) mass is 400 g/mol. The van der Waals surface area contributed by atoms with Crippen LogP contribution in [0.3, 0.4) is 0 Å². The number of para-hydroxylation sites is 1. The fourth-order valence-corrected chi connectivity index (χ4v) is 4.39.